The van der Waals surface area contributed by atoms with Crippen LogP contribution in [-0.2, 0) is 20.8 Å². The number of nitrogens with one attached hydrogen (secondary N) is 1. The van der Waals surface area contributed by atoms with E-state index in [0.717, 1.165) is 32.5 Å². The summed E-state index contributed by atoms with van der Waals surface area (Å²) in [5.41, 5.74) is 0. The van der Waals surface area contributed by atoms with Gasteiger partial charge in [-0.25, -0.2) is 0 Å². The minimum Gasteiger partial charge on any atom is -0.383 e. The van der Waals surface area contributed by atoms with Crippen LogP contribution in [0.1, 0.15) is 22.6 Å². The van der Waals surface area contributed by atoms with Crippen LogP contribution in [0, 0.1) is 12.8 Å². The third-order valence-electron chi connectivity index (χ3n) is 4.71. The van der Waals surface area contributed by atoms with Gasteiger partial charge in [-0.3, -0.25) is 9.69 Å². The molecule has 6 heteroatoms. The molecule has 1 amide bonds. The van der Waals surface area contributed by atoms with E-state index in [2.05, 4.69) is 29.3 Å². The zero-order valence-corrected chi connectivity index (χ0v) is 14.7. The van der Waals surface area contributed by atoms with Crippen molar-refractivity contribution in [3.8, 4) is 0 Å². The first-order valence-corrected chi connectivity index (χ1v) is 9.17. The smallest absolute Gasteiger partial charge is 0.249 e. The highest BCUT2D eigenvalue weighted by molar-refractivity contribution is 7.11. The largest absolute Gasteiger partial charge is 0.383 e. The molecule has 1 aromatic rings. The van der Waals surface area contributed by atoms with Crippen molar-refractivity contribution in [3.63, 3.8) is 0 Å². The van der Waals surface area contributed by atoms with Crippen LogP contribution in [-0.4, -0.2) is 56.4 Å². The lowest BCUT2D eigenvalue weighted by Gasteiger charge is -2.33. The van der Waals surface area contributed by atoms with Gasteiger partial charge in [0.1, 0.15) is 6.10 Å². The van der Waals surface area contributed by atoms with Crippen LogP contribution >= 0.6 is 11.3 Å². The molecule has 2 saturated heterocycles. The summed E-state index contributed by atoms with van der Waals surface area (Å²) in [6, 6.07) is 4.40. The maximum absolute atomic E-state index is 12.1. The van der Waals surface area contributed by atoms with Gasteiger partial charge in [0.25, 0.3) is 0 Å². The Labute approximate surface area is 142 Å². The van der Waals surface area contributed by atoms with Gasteiger partial charge in [0.05, 0.1) is 12.7 Å². The summed E-state index contributed by atoms with van der Waals surface area (Å²) >= 11 is 1.86. The van der Waals surface area contributed by atoms with E-state index >= 15 is 0 Å². The minimum absolute atomic E-state index is 0.0110. The predicted molar refractivity (Wildman–Crippen MR) is 90.6 cm³/mol. The fraction of sp³-hybridized carbons (Fsp3) is 0.706. The third kappa shape index (κ3) is 4.32. The zero-order valence-electron chi connectivity index (χ0n) is 13.9. The van der Waals surface area contributed by atoms with Crippen molar-refractivity contribution in [2.24, 2.45) is 5.92 Å². The molecule has 0 saturated carbocycles. The molecule has 1 aromatic heterocycles. The monoisotopic (exact) mass is 338 g/mol. The number of amides is 1. The highest BCUT2D eigenvalue weighted by Crippen LogP contribution is 2.34. The molecule has 0 bridgehead atoms. The average Bonchev–Trinajstić information content (AvgIpc) is 3.13. The Morgan fingerprint density at radius 3 is 3.13 bits per heavy atom. The van der Waals surface area contributed by atoms with Crippen molar-refractivity contribution in [1.29, 1.82) is 0 Å². The average molecular weight is 338 g/mol. The van der Waals surface area contributed by atoms with E-state index < -0.39 is 0 Å². The summed E-state index contributed by atoms with van der Waals surface area (Å²) in [5, 5.41) is 2.89. The first-order chi connectivity index (χ1) is 11.2. The zero-order chi connectivity index (χ0) is 16.2. The highest BCUT2D eigenvalue weighted by Gasteiger charge is 2.41. The number of fused-ring (bicyclic) bond motifs is 1. The number of aryl methyl sites for hydroxylation is 1. The van der Waals surface area contributed by atoms with Gasteiger partial charge in [0.2, 0.25) is 5.91 Å². The van der Waals surface area contributed by atoms with Crippen molar-refractivity contribution in [1.82, 2.24) is 10.2 Å². The summed E-state index contributed by atoms with van der Waals surface area (Å²) in [7, 11) is 1.64. The van der Waals surface area contributed by atoms with E-state index in [1.807, 2.05) is 11.3 Å². The van der Waals surface area contributed by atoms with Crippen LogP contribution in [0.3, 0.4) is 0 Å². The Hall–Kier alpha value is -0.950. The molecule has 0 radical (unpaired) electrons. The number of carbonyl (C=O) groups is 1. The van der Waals surface area contributed by atoms with Crippen LogP contribution in [0.4, 0.5) is 0 Å². The highest BCUT2D eigenvalue weighted by atomic mass is 32.1. The molecule has 1 N–H and O–H groups in total. The molecule has 23 heavy (non-hydrogen) atoms. The molecule has 2 aliphatic heterocycles. The first-order valence-electron chi connectivity index (χ1n) is 8.35. The van der Waals surface area contributed by atoms with E-state index in [1.54, 1.807) is 7.11 Å². The quantitative estimate of drug-likeness (QED) is 0.804. The molecule has 0 aliphatic carbocycles. The number of rotatable bonds is 6. The second-order valence-corrected chi connectivity index (χ2v) is 7.85. The third-order valence-corrected chi connectivity index (χ3v) is 5.69. The van der Waals surface area contributed by atoms with Gasteiger partial charge < -0.3 is 14.8 Å². The first kappa shape index (κ1) is 16.9. The van der Waals surface area contributed by atoms with Gasteiger partial charge in [0, 0.05) is 36.5 Å². The van der Waals surface area contributed by atoms with Crippen molar-refractivity contribution in [2.45, 2.75) is 38.5 Å². The molecule has 2 fully saturated rings. The molecule has 128 valence electrons. The Kier molecular flexibility index (Phi) is 5.69. The van der Waals surface area contributed by atoms with Crippen LogP contribution in [0.15, 0.2) is 12.1 Å². The lowest BCUT2D eigenvalue weighted by atomic mass is 9.91. The number of methoxy groups -OCH3 is 1. The van der Waals surface area contributed by atoms with Gasteiger partial charge >= 0.3 is 0 Å². The van der Waals surface area contributed by atoms with Crippen LogP contribution < -0.4 is 5.32 Å². The van der Waals surface area contributed by atoms with Crippen LogP contribution in [0.5, 0.6) is 0 Å². The van der Waals surface area contributed by atoms with Crippen molar-refractivity contribution in [3.05, 3.63) is 21.9 Å². The van der Waals surface area contributed by atoms with Gasteiger partial charge in [-0.2, -0.15) is 0 Å². The number of likely N-dealkylation sites (tertiary alicyclic amines) is 1. The van der Waals surface area contributed by atoms with Crippen LogP contribution in [0.25, 0.3) is 0 Å². The summed E-state index contributed by atoms with van der Waals surface area (Å²) in [6.45, 7) is 6.26. The number of hydrogen-bond donors (Lipinski definition) is 1. The van der Waals surface area contributed by atoms with E-state index in [-0.39, 0.29) is 18.1 Å². The van der Waals surface area contributed by atoms with Gasteiger partial charge in [-0.05, 0) is 44.4 Å². The Morgan fingerprint density at radius 1 is 1.52 bits per heavy atom. The van der Waals surface area contributed by atoms with Crippen molar-refractivity contribution in [2.75, 3.05) is 33.4 Å². The fourth-order valence-electron chi connectivity index (χ4n) is 3.49. The second kappa shape index (κ2) is 7.75. The van der Waals surface area contributed by atoms with Gasteiger partial charge in [0.15, 0.2) is 0 Å². The number of nitrogens with zero attached hydrogens (tertiary/aromatic N) is 1. The maximum Gasteiger partial charge on any atom is 0.249 e. The lowest BCUT2D eigenvalue weighted by Crippen LogP contribution is -2.42. The summed E-state index contributed by atoms with van der Waals surface area (Å²) in [5.74, 6) is 0.534. The minimum atomic E-state index is -0.286. The molecule has 0 aromatic carbocycles. The number of thiophene rings is 1. The van der Waals surface area contributed by atoms with Gasteiger partial charge in [-0.1, -0.05) is 0 Å². The van der Waals surface area contributed by atoms with Crippen LogP contribution in [0.2, 0.25) is 0 Å². The molecule has 2 aliphatic rings. The molecule has 5 nitrogen and oxygen atoms in total. The maximum atomic E-state index is 12.1. The lowest BCUT2D eigenvalue weighted by molar-refractivity contribution is -0.133. The van der Waals surface area contributed by atoms with E-state index in [1.165, 1.54) is 9.75 Å². The molecule has 0 spiro atoms. The summed E-state index contributed by atoms with van der Waals surface area (Å²) < 4.78 is 11.0. The fourth-order valence-corrected chi connectivity index (χ4v) is 4.42. The normalized spacial score (nSPS) is 27.8. The van der Waals surface area contributed by atoms with E-state index in [0.29, 0.717) is 19.1 Å². The Balaban J connectivity index is 1.48. The standard InChI is InChI=1S/C17H26N2O3S/c1-12-3-4-14(23-12)10-19-7-5-13-9-15(22-16(13)11-19)17(20)18-6-8-21-2/h3-4,13,15-16H,5-11H2,1-2H3,(H,18,20)/t13-,15+,16+/m0/s1. The Bertz CT molecular complexity index is 534. The molecule has 0 unspecified atom stereocenters. The molecule has 3 atom stereocenters. The number of hydrogen-bond acceptors (Lipinski definition) is 5. The van der Waals surface area contributed by atoms with Crippen molar-refractivity contribution >= 4 is 17.2 Å². The van der Waals surface area contributed by atoms with E-state index in [4.69, 9.17) is 9.47 Å². The molecular formula is C17H26N2O3S. The van der Waals surface area contributed by atoms with Gasteiger partial charge in [-0.15, -0.1) is 11.3 Å². The van der Waals surface area contributed by atoms with E-state index in [9.17, 15) is 4.79 Å². The molecule has 3 heterocycles. The molecular weight excluding hydrogens is 312 g/mol. The summed E-state index contributed by atoms with van der Waals surface area (Å²) in [4.78, 5) is 17.4. The predicted octanol–water partition coefficient (Wildman–Crippen LogP) is 1.80. The SMILES string of the molecule is COCCNC(=O)[C@H]1C[C@@H]2CCN(Cc3ccc(C)s3)C[C@H]2O1. The topological polar surface area (TPSA) is 50.8 Å². The summed E-state index contributed by atoms with van der Waals surface area (Å²) in [6.07, 6.45) is 1.89. The van der Waals surface area contributed by atoms with Crippen molar-refractivity contribution < 1.29 is 14.3 Å². The second-order valence-electron chi connectivity index (χ2n) is 6.48. The number of carbonyl (C=O) groups excluding carboxylic acids is 1. The number of piperidine rings is 1. The molecule has 3 rings (SSSR count). The Morgan fingerprint density at radius 2 is 2.39 bits per heavy atom. The number of ether oxygens (including phenoxy) is 2.